The van der Waals surface area contributed by atoms with Crippen LogP contribution in [-0.2, 0) is 4.74 Å². The Bertz CT molecular complexity index is 516. The number of aliphatic hydroxyl groups excluding tert-OH is 2. The second-order valence-corrected chi connectivity index (χ2v) is 6.74. The third-order valence-electron chi connectivity index (χ3n) is 3.02. The van der Waals surface area contributed by atoms with Gasteiger partial charge in [-0.25, -0.2) is 4.79 Å². The monoisotopic (exact) mass is 329 g/mol. The number of hydrogen-bond acceptors (Lipinski definition) is 4. The summed E-state index contributed by atoms with van der Waals surface area (Å²) in [6.07, 6.45) is -2.90. The summed E-state index contributed by atoms with van der Waals surface area (Å²) < 4.78 is 5.07. The molecule has 6 heteroatoms. The van der Waals surface area contributed by atoms with E-state index in [0.717, 1.165) is 11.1 Å². The highest BCUT2D eigenvalue weighted by Crippen LogP contribution is 2.26. The van der Waals surface area contributed by atoms with Crippen molar-refractivity contribution in [2.45, 2.75) is 52.4 Å². The number of aryl methyl sites for hydroxylation is 2. The van der Waals surface area contributed by atoms with E-state index >= 15 is 0 Å². The lowest BCUT2D eigenvalue weighted by atomic mass is 9.99. The van der Waals surface area contributed by atoms with Gasteiger partial charge in [0.15, 0.2) is 0 Å². The van der Waals surface area contributed by atoms with Crippen molar-refractivity contribution in [2.24, 2.45) is 0 Å². The molecular formula is C16H24ClNO4. The summed E-state index contributed by atoms with van der Waals surface area (Å²) in [5.74, 6) is 0. The van der Waals surface area contributed by atoms with Crippen LogP contribution in [0.1, 0.15) is 43.6 Å². The summed E-state index contributed by atoms with van der Waals surface area (Å²) >= 11 is 6.08. The molecule has 0 bridgehead atoms. The van der Waals surface area contributed by atoms with E-state index < -0.39 is 23.9 Å². The van der Waals surface area contributed by atoms with E-state index in [9.17, 15) is 15.0 Å². The maximum atomic E-state index is 11.5. The average molecular weight is 330 g/mol. The van der Waals surface area contributed by atoms with Gasteiger partial charge < -0.3 is 20.3 Å². The largest absolute Gasteiger partial charge is 0.444 e. The van der Waals surface area contributed by atoms with Crippen molar-refractivity contribution in [1.29, 1.82) is 0 Å². The normalized spacial score (nSPS) is 14.4. The van der Waals surface area contributed by atoms with Crippen LogP contribution in [-0.4, -0.2) is 34.6 Å². The van der Waals surface area contributed by atoms with Gasteiger partial charge in [0.05, 0.1) is 0 Å². The molecule has 1 aromatic rings. The highest BCUT2D eigenvalue weighted by molar-refractivity contribution is 6.32. The predicted molar refractivity (Wildman–Crippen MR) is 86.1 cm³/mol. The summed E-state index contributed by atoms with van der Waals surface area (Å²) in [6, 6.07) is 3.44. The van der Waals surface area contributed by atoms with Crippen LogP contribution in [0.5, 0.6) is 0 Å². The Balaban J connectivity index is 2.66. The minimum Gasteiger partial charge on any atom is -0.444 e. The van der Waals surface area contributed by atoms with Crippen LogP contribution in [0.25, 0.3) is 0 Å². The van der Waals surface area contributed by atoms with Gasteiger partial charge >= 0.3 is 6.09 Å². The van der Waals surface area contributed by atoms with Gasteiger partial charge in [-0.05, 0) is 51.3 Å². The molecule has 0 aromatic heterocycles. The van der Waals surface area contributed by atoms with Crippen molar-refractivity contribution < 1.29 is 19.7 Å². The molecule has 0 radical (unpaired) electrons. The van der Waals surface area contributed by atoms with Crippen molar-refractivity contribution in [3.05, 3.63) is 33.8 Å². The van der Waals surface area contributed by atoms with Crippen molar-refractivity contribution in [3.63, 3.8) is 0 Å². The fraction of sp³-hybridized carbons (Fsp3) is 0.562. The third kappa shape index (κ3) is 5.48. The first kappa shape index (κ1) is 18.7. The second kappa shape index (κ2) is 7.31. The zero-order valence-corrected chi connectivity index (χ0v) is 14.4. The molecule has 22 heavy (non-hydrogen) atoms. The minimum atomic E-state index is -1.15. The number of ether oxygens (including phenoxy) is 1. The van der Waals surface area contributed by atoms with Gasteiger partial charge in [-0.15, -0.1) is 0 Å². The summed E-state index contributed by atoms with van der Waals surface area (Å²) in [4.78, 5) is 11.5. The highest BCUT2D eigenvalue weighted by atomic mass is 35.5. The summed E-state index contributed by atoms with van der Waals surface area (Å²) in [5.41, 5.74) is 1.59. The molecule has 3 N–H and O–H groups in total. The summed E-state index contributed by atoms with van der Waals surface area (Å²) in [5, 5.41) is 23.3. The average Bonchev–Trinajstić information content (AvgIpc) is 2.38. The molecule has 0 heterocycles. The molecular weight excluding hydrogens is 306 g/mol. The maximum absolute atomic E-state index is 11.5. The number of benzene rings is 1. The molecule has 1 rings (SSSR count). The number of hydrogen-bond donors (Lipinski definition) is 3. The van der Waals surface area contributed by atoms with Gasteiger partial charge in [-0.3, -0.25) is 0 Å². The first-order valence-corrected chi connectivity index (χ1v) is 7.48. The lowest BCUT2D eigenvalue weighted by molar-refractivity contribution is 0.0129. The van der Waals surface area contributed by atoms with Crippen LogP contribution in [0, 0.1) is 13.8 Å². The molecule has 0 aliphatic heterocycles. The standard InChI is InChI=1S/C16H24ClNO4/c1-9-6-11(7-10(2)13(9)17)14(20)12(19)8-18-15(21)22-16(3,4)5/h6-7,12,14,19-20H,8H2,1-5H3,(H,18,21). The quantitative estimate of drug-likeness (QED) is 0.793. The van der Waals surface area contributed by atoms with E-state index in [4.69, 9.17) is 16.3 Å². The SMILES string of the molecule is Cc1cc(C(O)C(O)CNC(=O)OC(C)(C)C)cc(C)c1Cl. The van der Waals surface area contributed by atoms with E-state index in [-0.39, 0.29) is 6.54 Å². The molecule has 1 aromatic carbocycles. The number of halogens is 1. The second-order valence-electron chi connectivity index (χ2n) is 6.36. The Morgan fingerprint density at radius 3 is 2.23 bits per heavy atom. The Morgan fingerprint density at radius 2 is 1.77 bits per heavy atom. The summed E-state index contributed by atoms with van der Waals surface area (Å²) in [7, 11) is 0. The van der Waals surface area contributed by atoms with Crippen molar-refractivity contribution in [2.75, 3.05) is 6.54 Å². The molecule has 0 aliphatic rings. The van der Waals surface area contributed by atoms with Crippen LogP contribution in [0.3, 0.4) is 0 Å². The van der Waals surface area contributed by atoms with Gasteiger partial charge in [0.1, 0.15) is 17.8 Å². The minimum absolute atomic E-state index is 0.114. The van der Waals surface area contributed by atoms with Crippen LogP contribution in [0.15, 0.2) is 12.1 Å². The number of alkyl carbamates (subject to hydrolysis) is 1. The Hall–Kier alpha value is -1.30. The Morgan fingerprint density at radius 1 is 1.27 bits per heavy atom. The Kier molecular flexibility index (Phi) is 6.23. The van der Waals surface area contributed by atoms with Gasteiger partial charge in [0, 0.05) is 11.6 Å². The number of aliphatic hydroxyl groups is 2. The molecule has 5 nitrogen and oxygen atoms in total. The fourth-order valence-corrected chi connectivity index (χ4v) is 2.10. The predicted octanol–water partition coefficient (Wildman–Crippen LogP) is 2.88. The molecule has 2 unspecified atom stereocenters. The van der Waals surface area contributed by atoms with Crippen molar-refractivity contribution in [1.82, 2.24) is 5.32 Å². The van der Waals surface area contributed by atoms with E-state index in [0.29, 0.717) is 10.6 Å². The van der Waals surface area contributed by atoms with Crippen molar-refractivity contribution in [3.8, 4) is 0 Å². The number of nitrogens with one attached hydrogen (secondary N) is 1. The van der Waals surface area contributed by atoms with Crippen LogP contribution in [0.4, 0.5) is 4.79 Å². The lowest BCUT2D eigenvalue weighted by Gasteiger charge is -2.22. The molecule has 0 fully saturated rings. The van der Waals surface area contributed by atoms with Crippen LogP contribution >= 0.6 is 11.6 Å². The van der Waals surface area contributed by atoms with Gasteiger partial charge in [-0.1, -0.05) is 23.7 Å². The zero-order chi connectivity index (χ0) is 17.1. The summed E-state index contributed by atoms with van der Waals surface area (Å²) in [6.45, 7) is 8.79. The van der Waals surface area contributed by atoms with E-state index in [1.165, 1.54) is 0 Å². The molecule has 0 spiro atoms. The van der Waals surface area contributed by atoms with Crippen molar-refractivity contribution >= 4 is 17.7 Å². The smallest absolute Gasteiger partial charge is 0.407 e. The molecule has 1 amide bonds. The van der Waals surface area contributed by atoms with Gasteiger partial charge in [0.2, 0.25) is 0 Å². The first-order valence-electron chi connectivity index (χ1n) is 7.11. The molecule has 0 saturated heterocycles. The number of amides is 1. The lowest BCUT2D eigenvalue weighted by Crippen LogP contribution is -2.38. The molecule has 124 valence electrons. The molecule has 0 aliphatic carbocycles. The van der Waals surface area contributed by atoms with E-state index in [1.807, 2.05) is 13.8 Å². The van der Waals surface area contributed by atoms with E-state index in [1.54, 1.807) is 32.9 Å². The Labute approximate surface area is 136 Å². The maximum Gasteiger partial charge on any atom is 0.407 e. The third-order valence-corrected chi connectivity index (χ3v) is 3.62. The van der Waals surface area contributed by atoms with Gasteiger partial charge in [0.25, 0.3) is 0 Å². The van der Waals surface area contributed by atoms with Gasteiger partial charge in [-0.2, -0.15) is 0 Å². The van der Waals surface area contributed by atoms with Crippen LogP contribution in [0.2, 0.25) is 5.02 Å². The fourth-order valence-electron chi connectivity index (χ4n) is 1.99. The topological polar surface area (TPSA) is 78.8 Å². The number of carbonyl (C=O) groups excluding carboxylic acids is 1. The first-order chi connectivity index (χ1) is 10.0. The number of carbonyl (C=O) groups is 1. The molecule has 2 atom stereocenters. The number of rotatable bonds is 4. The molecule has 0 saturated carbocycles. The zero-order valence-electron chi connectivity index (χ0n) is 13.6. The van der Waals surface area contributed by atoms with E-state index in [2.05, 4.69) is 5.32 Å². The highest BCUT2D eigenvalue weighted by Gasteiger charge is 2.22. The van der Waals surface area contributed by atoms with Crippen LogP contribution < -0.4 is 5.32 Å².